The average Bonchev–Trinajstić information content (AvgIpc) is 3.30. The first-order chi connectivity index (χ1) is 16.1. The number of rotatable bonds is 7. The molecule has 4 aromatic rings. The summed E-state index contributed by atoms with van der Waals surface area (Å²) in [7, 11) is 0. The molecule has 3 aromatic carbocycles. The van der Waals surface area contributed by atoms with Crippen molar-refractivity contribution in [3.8, 4) is 0 Å². The van der Waals surface area contributed by atoms with Gasteiger partial charge in [-0.1, -0.05) is 91.0 Å². The van der Waals surface area contributed by atoms with Crippen LogP contribution in [0.25, 0.3) is 0 Å². The lowest BCUT2D eigenvalue weighted by molar-refractivity contribution is -0.138. The molecule has 0 spiro atoms. The summed E-state index contributed by atoms with van der Waals surface area (Å²) < 4.78 is 4.68. The molecule has 1 amide bonds. The third-order valence-corrected chi connectivity index (χ3v) is 7.76. The molecule has 0 saturated carbocycles. The molecule has 6 heteroatoms. The number of nitrogens with one attached hydrogen (secondary N) is 1. The van der Waals surface area contributed by atoms with Crippen LogP contribution in [0.2, 0.25) is 0 Å². The summed E-state index contributed by atoms with van der Waals surface area (Å²) >= 11 is 1.63. The topological polar surface area (TPSA) is 75.4 Å². The summed E-state index contributed by atoms with van der Waals surface area (Å²) in [6.45, 7) is 1.72. The number of oxazole rings is 1. The molecular formula is C27H24N2O3S. The minimum absolute atomic E-state index is 0.191. The number of aromatic nitrogens is 1. The molecule has 5 nitrogen and oxygen atoms in total. The third kappa shape index (κ3) is 3.86. The Labute approximate surface area is 196 Å². The highest BCUT2D eigenvalue weighted by atomic mass is 32.2. The van der Waals surface area contributed by atoms with Gasteiger partial charge >= 0.3 is 0 Å². The summed E-state index contributed by atoms with van der Waals surface area (Å²) in [4.78, 5) is 16.9. The first-order valence-electron chi connectivity index (χ1n) is 10.8. The molecule has 0 radical (unpaired) electrons. The number of benzene rings is 3. The summed E-state index contributed by atoms with van der Waals surface area (Å²) in [5.41, 5.74) is 3.67. The smallest absolute Gasteiger partial charge is 0.230 e. The number of amides is 1. The van der Waals surface area contributed by atoms with Crippen molar-refractivity contribution in [2.45, 2.75) is 23.1 Å². The molecule has 2 N–H and O–H groups in total. The van der Waals surface area contributed by atoms with E-state index in [1.165, 1.54) is 6.26 Å². The van der Waals surface area contributed by atoms with Gasteiger partial charge in [-0.25, -0.2) is 4.98 Å². The average molecular weight is 457 g/mol. The number of thioether (sulfide) groups is 1. The SMILES string of the molecule is Cc1nc(C(O)C2C(=O)NC2SC(c2ccccc2)(c2ccccc2)c2ccccc2)co1. The Morgan fingerprint density at radius 1 is 0.909 bits per heavy atom. The van der Waals surface area contributed by atoms with Gasteiger partial charge in [0, 0.05) is 6.92 Å². The van der Waals surface area contributed by atoms with Gasteiger partial charge in [-0.3, -0.25) is 4.79 Å². The fourth-order valence-corrected chi connectivity index (χ4v) is 6.18. The summed E-state index contributed by atoms with van der Waals surface area (Å²) in [5.74, 6) is -0.376. The van der Waals surface area contributed by atoms with Gasteiger partial charge in [0.1, 0.15) is 18.1 Å². The summed E-state index contributed by atoms with van der Waals surface area (Å²) in [6, 6.07) is 30.8. The number of hydrogen-bond acceptors (Lipinski definition) is 5. The first kappa shape index (κ1) is 21.5. The highest BCUT2D eigenvalue weighted by Crippen LogP contribution is 2.53. The highest BCUT2D eigenvalue weighted by Gasteiger charge is 2.51. The Balaban J connectivity index is 1.61. The van der Waals surface area contributed by atoms with Gasteiger partial charge in [-0.05, 0) is 16.7 Å². The van der Waals surface area contributed by atoms with Crippen LogP contribution in [0.15, 0.2) is 102 Å². The van der Waals surface area contributed by atoms with Gasteiger partial charge in [-0.15, -0.1) is 11.8 Å². The number of hydrogen-bond donors (Lipinski definition) is 2. The molecule has 33 heavy (non-hydrogen) atoms. The molecular weight excluding hydrogens is 432 g/mol. The van der Waals surface area contributed by atoms with Crippen molar-refractivity contribution in [2.75, 3.05) is 0 Å². The number of nitrogens with zero attached hydrogens (tertiary/aromatic N) is 1. The van der Waals surface area contributed by atoms with E-state index in [4.69, 9.17) is 4.42 Å². The Morgan fingerprint density at radius 3 is 1.79 bits per heavy atom. The maximum atomic E-state index is 12.6. The zero-order valence-electron chi connectivity index (χ0n) is 18.1. The molecule has 0 aliphatic carbocycles. The minimum Gasteiger partial charge on any atom is -0.449 e. The zero-order chi connectivity index (χ0) is 22.8. The Morgan fingerprint density at radius 2 is 1.39 bits per heavy atom. The largest absolute Gasteiger partial charge is 0.449 e. The van der Waals surface area contributed by atoms with Crippen LogP contribution in [0.4, 0.5) is 0 Å². The molecule has 5 rings (SSSR count). The van der Waals surface area contributed by atoms with Crippen molar-refractivity contribution >= 4 is 17.7 Å². The van der Waals surface area contributed by atoms with Crippen LogP contribution in [0.5, 0.6) is 0 Å². The molecule has 1 saturated heterocycles. The van der Waals surface area contributed by atoms with Gasteiger partial charge in [0.2, 0.25) is 5.91 Å². The number of β-lactam (4-membered cyclic amide) rings is 1. The second-order valence-electron chi connectivity index (χ2n) is 8.09. The minimum atomic E-state index is -1.05. The van der Waals surface area contributed by atoms with Gasteiger partial charge in [0.25, 0.3) is 0 Å². The van der Waals surface area contributed by atoms with E-state index in [1.54, 1.807) is 18.7 Å². The van der Waals surface area contributed by atoms with E-state index in [9.17, 15) is 9.90 Å². The van der Waals surface area contributed by atoms with Crippen LogP contribution in [-0.2, 0) is 9.54 Å². The number of aliphatic hydroxyl groups is 1. The van der Waals surface area contributed by atoms with Crippen molar-refractivity contribution in [1.29, 1.82) is 0 Å². The van der Waals surface area contributed by atoms with E-state index < -0.39 is 16.8 Å². The molecule has 1 fully saturated rings. The van der Waals surface area contributed by atoms with Crippen LogP contribution in [0.3, 0.4) is 0 Å². The normalized spacial score (nSPS) is 18.9. The second kappa shape index (κ2) is 8.89. The molecule has 0 bridgehead atoms. The Bertz CT molecular complexity index is 1130. The predicted octanol–water partition coefficient (Wildman–Crippen LogP) is 4.81. The quantitative estimate of drug-likeness (QED) is 0.308. The molecule has 1 aliphatic heterocycles. The standard InChI is InChI=1S/C27H24N2O3S/c1-18-28-22(17-32-18)24(30)23-25(31)29-26(23)33-27(19-11-5-2-6-12-19,20-13-7-3-8-14-20)21-15-9-4-10-16-21/h2-17,23-24,26,30H,1H3,(H,29,31). The lowest BCUT2D eigenvalue weighted by Crippen LogP contribution is -2.59. The van der Waals surface area contributed by atoms with Crippen molar-refractivity contribution in [1.82, 2.24) is 10.3 Å². The number of aliphatic hydroxyl groups excluding tert-OH is 1. The van der Waals surface area contributed by atoms with Crippen LogP contribution in [-0.4, -0.2) is 21.4 Å². The van der Waals surface area contributed by atoms with Crippen LogP contribution in [0, 0.1) is 12.8 Å². The number of aryl methyl sites for hydroxylation is 1. The lowest BCUT2D eigenvalue weighted by Gasteiger charge is -2.45. The first-order valence-corrected chi connectivity index (χ1v) is 11.7. The van der Waals surface area contributed by atoms with E-state index in [-0.39, 0.29) is 11.3 Å². The van der Waals surface area contributed by atoms with Gasteiger partial charge < -0.3 is 14.8 Å². The van der Waals surface area contributed by atoms with E-state index in [2.05, 4.69) is 46.7 Å². The van der Waals surface area contributed by atoms with Crippen LogP contribution >= 0.6 is 11.8 Å². The summed E-state index contributed by atoms with van der Waals surface area (Å²) in [6.07, 6.45) is 0.375. The van der Waals surface area contributed by atoms with Crippen LogP contribution < -0.4 is 5.32 Å². The third-order valence-electron chi connectivity index (χ3n) is 6.04. The molecule has 1 aliphatic rings. The molecule has 2 heterocycles. The molecule has 3 atom stereocenters. The van der Waals surface area contributed by atoms with Gasteiger partial charge in [0.15, 0.2) is 5.89 Å². The summed E-state index contributed by atoms with van der Waals surface area (Å²) in [5, 5.41) is 13.7. The maximum absolute atomic E-state index is 12.6. The van der Waals surface area contributed by atoms with Crippen molar-refractivity contribution in [3.05, 3.63) is 126 Å². The van der Waals surface area contributed by atoms with Gasteiger partial charge in [-0.2, -0.15) is 0 Å². The zero-order valence-corrected chi connectivity index (χ0v) is 18.9. The molecule has 166 valence electrons. The fourth-order valence-electron chi connectivity index (χ4n) is 4.39. The van der Waals surface area contributed by atoms with Crippen LogP contribution in [0.1, 0.15) is 34.4 Å². The fraction of sp³-hybridized carbons (Fsp3) is 0.185. The van der Waals surface area contributed by atoms with Crippen molar-refractivity contribution in [3.63, 3.8) is 0 Å². The van der Waals surface area contributed by atoms with E-state index in [0.29, 0.717) is 11.6 Å². The van der Waals surface area contributed by atoms with E-state index in [0.717, 1.165) is 16.7 Å². The number of carbonyl (C=O) groups excluding carboxylic acids is 1. The maximum Gasteiger partial charge on any atom is 0.230 e. The van der Waals surface area contributed by atoms with Crippen molar-refractivity contribution in [2.24, 2.45) is 5.92 Å². The second-order valence-corrected chi connectivity index (χ2v) is 9.44. The Kier molecular flexibility index (Phi) is 5.79. The molecule has 3 unspecified atom stereocenters. The number of carbonyl (C=O) groups is 1. The highest BCUT2D eigenvalue weighted by molar-refractivity contribution is 8.01. The monoisotopic (exact) mass is 456 g/mol. The predicted molar refractivity (Wildman–Crippen MR) is 128 cm³/mol. The van der Waals surface area contributed by atoms with Crippen molar-refractivity contribution < 1.29 is 14.3 Å². The van der Waals surface area contributed by atoms with Gasteiger partial charge in [0.05, 0.1) is 16.0 Å². The van der Waals surface area contributed by atoms with E-state index >= 15 is 0 Å². The van der Waals surface area contributed by atoms with E-state index in [1.807, 2.05) is 54.6 Å². The lowest BCUT2D eigenvalue weighted by atomic mass is 9.84. The Hall–Kier alpha value is -3.35. The molecule has 1 aromatic heterocycles.